The van der Waals surface area contributed by atoms with E-state index in [2.05, 4.69) is 40.7 Å². The van der Waals surface area contributed by atoms with Gasteiger partial charge in [0, 0.05) is 20.8 Å². The third-order valence-corrected chi connectivity index (χ3v) is 14.8. The van der Waals surface area contributed by atoms with Crippen molar-refractivity contribution in [2.75, 3.05) is 12.4 Å². The number of ether oxygens (including phenoxy) is 5. The van der Waals surface area contributed by atoms with Crippen LogP contribution >= 0.6 is 11.8 Å². The smallest absolute Gasteiger partial charge is 0.303 e. The van der Waals surface area contributed by atoms with Gasteiger partial charge in [0.1, 0.15) is 12.7 Å². The van der Waals surface area contributed by atoms with Crippen LogP contribution in [0.1, 0.15) is 133 Å². The van der Waals surface area contributed by atoms with Gasteiger partial charge in [-0.25, -0.2) is 0 Å². The first kappa shape index (κ1) is 39.6. The van der Waals surface area contributed by atoms with Crippen LogP contribution in [-0.4, -0.2) is 66.2 Å². The Kier molecular flexibility index (Phi) is 13.2. The van der Waals surface area contributed by atoms with Crippen LogP contribution in [0, 0.1) is 46.3 Å². The van der Waals surface area contributed by atoms with Crippen LogP contribution in [0.4, 0.5) is 0 Å². The molecule has 0 spiro atoms. The zero-order chi connectivity index (χ0) is 36.4. The number of hydrogen-bond donors (Lipinski definition) is 0. The number of rotatable bonds is 13. The number of allylic oxidation sites excluding steroid dienone is 1. The van der Waals surface area contributed by atoms with E-state index in [-0.39, 0.29) is 18.1 Å². The Bertz CT molecular complexity index is 1230. The molecule has 5 rings (SSSR count). The van der Waals surface area contributed by atoms with Gasteiger partial charge in [0.25, 0.3) is 0 Å². The standard InChI is InChI=1S/C41H66O8S/c1-10-50-38-37(47-28(7)44)36(46-27(6)43)35(23-45-26(5)42)49-39(38)48-30-18-20-40(8)29(22-30)14-15-31-33-17-16-32(25(4)13-11-12-24(2)3)41(33,9)21-19-34(31)40/h14,24-25,30-39H,10-13,15-23H2,1-9H3/t25-,30+,31+,32-,33+,34+,35-,36-,37+,38-,39-,40+,41-/m1/s1. The summed E-state index contributed by atoms with van der Waals surface area (Å²) in [5.74, 6) is 4.02. The number of esters is 3. The molecule has 3 saturated carbocycles. The lowest BCUT2D eigenvalue weighted by atomic mass is 9.47. The number of hydrogen-bond acceptors (Lipinski definition) is 9. The Hall–Kier alpha value is -1.58. The number of carbonyl (C=O) groups excluding carboxylic acids is 3. The van der Waals surface area contributed by atoms with E-state index in [4.69, 9.17) is 23.7 Å². The normalized spacial score (nSPS) is 40.2. The van der Waals surface area contributed by atoms with Gasteiger partial charge >= 0.3 is 17.9 Å². The largest absolute Gasteiger partial charge is 0.463 e. The van der Waals surface area contributed by atoms with Gasteiger partial charge in [0.05, 0.1) is 11.4 Å². The molecule has 0 N–H and O–H groups in total. The highest BCUT2D eigenvalue weighted by molar-refractivity contribution is 7.99. The van der Waals surface area contributed by atoms with Crippen LogP contribution in [0.3, 0.4) is 0 Å². The van der Waals surface area contributed by atoms with Crippen molar-refractivity contribution < 1.29 is 38.1 Å². The van der Waals surface area contributed by atoms with Crippen molar-refractivity contribution in [1.29, 1.82) is 0 Å². The molecule has 1 saturated heterocycles. The molecule has 0 radical (unpaired) electrons. The Morgan fingerprint density at radius 3 is 2.30 bits per heavy atom. The van der Waals surface area contributed by atoms with Crippen LogP contribution in [-0.2, 0) is 38.1 Å². The molecule has 8 nitrogen and oxygen atoms in total. The zero-order valence-electron chi connectivity index (χ0n) is 32.4. The van der Waals surface area contributed by atoms with Gasteiger partial charge in [-0.3, -0.25) is 14.4 Å². The molecule has 284 valence electrons. The molecule has 50 heavy (non-hydrogen) atoms. The topological polar surface area (TPSA) is 97.4 Å². The summed E-state index contributed by atoms with van der Waals surface area (Å²) in [5, 5.41) is -0.418. The highest BCUT2D eigenvalue weighted by Crippen LogP contribution is 2.67. The summed E-state index contributed by atoms with van der Waals surface area (Å²) >= 11 is 1.57. The maximum absolute atomic E-state index is 12.3. The van der Waals surface area contributed by atoms with Crippen LogP contribution in [0.5, 0.6) is 0 Å². The quantitative estimate of drug-likeness (QED) is 0.105. The Morgan fingerprint density at radius 2 is 1.64 bits per heavy atom. The molecule has 9 heteroatoms. The fourth-order valence-electron chi connectivity index (χ4n) is 11.3. The van der Waals surface area contributed by atoms with E-state index in [0.717, 1.165) is 60.5 Å². The maximum atomic E-state index is 12.3. The number of thioether (sulfide) groups is 1. The Morgan fingerprint density at radius 1 is 0.920 bits per heavy atom. The van der Waals surface area contributed by atoms with Crippen molar-refractivity contribution >= 4 is 29.7 Å². The van der Waals surface area contributed by atoms with Gasteiger partial charge in [-0.15, -0.1) is 11.8 Å². The van der Waals surface area contributed by atoms with Crippen molar-refractivity contribution in [3.63, 3.8) is 0 Å². The molecule has 0 amide bonds. The third-order valence-electron chi connectivity index (χ3n) is 13.6. The summed E-state index contributed by atoms with van der Waals surface area (Å²) in [6.07, 6.45) is 12.9. The minimum atomic E-state index is -0.928. The highest BCUT2D eigenvalue weighted by Gasteiger charge is 2.59. The SMILES string of the molecule is CCS[C@H]1[C@H](O[C@H]2CC[C@@]3(C)C(=CC[C@H]4[C@@H]5CC[C@H]([C@H](C)CCCC(C)C)[C@@]5(C)CC[C@@H]43)C2)O[C@H](COC(C)=O)[C@@H](OC(C)=O)[C@@H]1OC(C)=O. The maximum Gasteiger partial charge on any atom is 0.303 e. The molecule has 13 atom stereocenters. The van der Waals surface area contributed by atoms with E-state index < -0.39 is 47.8 Å². The van der Waals surface area contributed by atoms with E-state index in [0.29, 0.717) is 5.41 Å². The fourth-order valence-corrected chi connectivity index (χ4v) is 12.4. The van der Waals surface area contributed by atoms with Crippen molar-refractivity contribution in [3.05, 3.63) is 11.6 Å². The second-order valence-corrected chi connectivity index (χ2v) is 18.7. The van der Waals surface area contributed by atoms with Crippen molar-refractivity contribution in [2.24, 2.45) is 46.3 Å². The minimum absolute atomic E-state index is 0.0510. The van der Waals surface area contributed by atoms with E-state index in [9.17, 15) is 14.4 Å². The van der Waals surface area contributed by atoms with Crippen LogP contribution < -0.4 is 0 Å². The molecule has 0 aromatic rings. The molecule has 0 aromatic carbocycles. The van der Waals surface area contributed by atoms with E-state index in [1.165, 1.54) is 77.7 Å². The minimum Gasteiger partial charge on any atom is -0.463 e. The Balaban J connectivity index is 1.30. The molecule has 4 fully saturated rings. The number of carbonyl (C=O) groups is 3. The van der Waals surface area contributed by atoms with Crippen LogP contribution in [0.2, 0.25) is 0 Å². The van der Waals surface area contributed by atoms with E-state index in [1.807, 2.05) is 6.92 Å². The Labute approximate surface area is 306 Å². The van der Waals surface area contributed by atoms with Gasteiger partial charge in [0.2, 0.25) is 0 Å². The molecule has 4 aliphatic carbocycles. The molecular weight excluding hydrogens is 653 g/mol. The van der Waals surface area contributed by atoms with Gasteiger partial charge in [-0.1, -0.05) is 72.5 Å². The van der Waals surface area contributed by atoms with Gasteiger partial charge in [-0.05, 0) is 103 Å². The highest BCUT2D eigenvalue weighted by atomic mass is 32.2. The first-order valence-corrected chi connectivity index (χ1v) is 20.8. The lowest BCUT2D eigenvalue weighted by Gasteiger charge is -2.58. The first-order chi connectivity index (χ1) is 23.7. The van der Waals surface area contributed by atoms with Crippen LogP contribution in [0.25, 0.3) is 0 Å². The lowest BCUT2D eigenvalue weighted by molar-refractivity contribution is -0.274. The first-order valence-electron chi connectivity index (χ1n) is 19.8. The summed E-state index contributed by atoms with van der Waals surface area (Å²) in [6, 6.07) is 0. The second kappa shape index (κ2) is 16.6. The molecule has 0 unspecified atom stereocenters. The second-order valence-electron chi connectivity index (χ2n) is 17.2. The third kappa shape index (κ3) is 8.46. The molecule has 5 aliphatic rings. The summed E-state index contributed by atoms with van der Waals surface area (Å²) in [6.45, 7) is 18.3. The van der Waals surface area contributed by atoms with Crippen LogP contribution in [0.15, 0.2) is 11.6 Å². The summed E-state index contributed by atoms with van der Waals surface area (Å²) in [4.78, 5) is 36.3. The number of fused-ring (bicyclic) bond motifs is 5. The average Bonchev–Trinajstić information content (AvgIpc) is 3.39. The molecule has 1 heterocycles. The van der Waals surface area contributed by atoms with Crippen molar-refractivity contribution in [2.45, 2.75) is 169 Å². The van der Waals surface area contributed by atoms with Gasteiger partial charge < -0.3 is 23.7 Å². The molecule has 0 aromatic heterocycles. The zero-order valence-corrected chi connectivity index (χ0v) is 33.2. The van der Waals surface area contributed by atoms with Crippen molar-refractivity contribution in [3.8, 4) is 0 Å². The molecular formula is C41H66O8S. The summed E-state index contributed by atoms with van der Waals surface area (Å²) in [7, 11) is 0. The fraction of sp³-hybridized carbons (Fsp3) is 0.878. The molecule has 0 bridgehead atoms. The monoisotopic (exact) mass is 718 g/mol. The van der Waals surface area contributed by atoms with Crippen molar-refractivity contribution in [1.82, 2.24) is 0 Å². The predicted molar refractivity (Wildman–Crippen MR) is 196 cm³/mol. The summed E-state index contributed by atoms with van der Waals surface area (Å²) < 4.78 is 30.2. The van der Waals surface area contributed by atoms with Gasteiger partial charge in [-0.2, -0.15) is 0 Å². The van der Waals surface area contributed by atoms with Gasteiger partial charge in [0.15, 0.2) is 18.5 Å². The molecule has 1 aliphatic heterocycles. The summed E-state index contributed by atoms with van der Waals surface area (Å²) in [5.41, 5.74) is 2.20. The average molecular weight is 719 g/mol. The predicted octanol–water partition coefficient (Wildman–Crippen LogP) is 8.69. The van der Waals surface area contributed by atoms with E-state index >= 15 is 0 Å². The lowest BCUT2D eigenvalue weighted by Crippen LogP contribution is -2.61. The van der Waals surface area contributed by atoms with E-state index in [1.54, 1.807) is 11.8 Å².